The molecular formula is C42H64Ag2F6N32O6S2. The van der Waals surface area contributed by atoms with Gasteiger partial charge in [0.2, 0.25) is 47.6 Å². The van der Waals surface area contributed by atoms with E-state index in [1.807, 2.05) is 111 Å². The topological polar surface area (TPSA) is 632 Å². The van der Waals surface area contributed by atoms with Crippen LogP contribution in [0.4, 0.5) is 73.9 Å². The van der Waals surface area contributed by atoms with Crippen molar-refractivity contribution in [1.29, 1.82) is 0 Å². The second-order valence-electron chi connectivity index (χ2n) is 16.5. The van der Waals surface area contributed by atoms with Gasteiger partial charge in [0, 0.05) is 0 Å². The van der Waals surface area contributed by atoms with E-state index >= 15 is 0 Å². The maximum Gasteiger partial charge on any atom is 1.00 e. The first-order chi connectivity index (χ1) is 40.1. The molecule has 0 unspecified atom stereocenters. The van der Waals surface area contributed by atoms with Crippen LogP contribution in [0.1, 0.15) is 91.1 Å². The Labute approximate surface area is 542 Å². The number of aromatic nitrogens is 24. The van der Waals surface area contributed by atoms with Gasteiger partial charge in [-0.2, -0.15) is 67.1 Å². The van der Waals surface area contributed by atoms with Crippen molar-refractivity contribution in [3.05, 3.63) is 91.1 Å². The summed E-state index contributed by atoms with van der Waals surface area (Å²) in [5, 5.41) is 58.4. The minimum absolute atomic E-state index is 0. The zero-order valence-electron chi connectivity index (χ0n) is 50.5. The number of rotatable bonds is 0. The van der Waals surface area contributed by atoms with E-state index in [9.17, 15) is 26.3 Å². The number of anilines is 8. The summed E-state index contributed by atoms with van der Waals surface area (Å²) in [5.74, 6) is 1.87. The molecule has 0 saturated carbocycles. The van der Waals surface area contributed by atoms with Crippen LogP contribution in [0.5, 0.6) is 0 Å². The fourth-order valence-electron chi connectivity index (χ4n) is 3.79. The van der Waals surface area contributed by atoms with Crippen LogP contribution in [0.3, 0.4) is 0 Å². The zero-order chi connectivity index (χ0) is 68.8. The van der Waals surface area contributed by atoms with Gasteiger partial charge in [0.05, 0.1) is 91.1 Å². The van der Waals surface area contributed by atoms with Gasteiger partial charge in [-0.15, -0.1) is 40.8 Å². The maximum atomic E-state index is 10.7. The summed E-state index contributed by atoms with van der Waals surface area (Å²) in [7, 11) is -12.2. The number of nitrogens with zero attached hydrogens (tertiary/aromatic N) is 24. The number of hydrogen-bond acceptors (Lipinski definition) is 38. The first-order valence-corrected chi connectivity index (χ1v) is 26.4. The molecule has 0 aromatic carbocycles. The molecule has 0 aliphatic carbocycles. The Hall–Kier alpha value is -8.64. The molecule has 8 heterocycles. The van der Waals surface area contributed by atoms with Gasteiger partial charge in [-0.1, -0.05) is 0 Å². The van der Waals surface area contributed by atoms with Gasteiger partial charge < -0.3 is 55.0 Å². The van der Waals surface area contributed by atoms with Gasteiger partial charge in [0.15, 0.2) is 20.2 Å². The SMILES string of the molecule is Cc1nnc(N)nc1C.Cc1nnc(N)nc1C.Cc1nnc(N)nc1C.Cc1nnc(N)nc1C.Cc1nnc(N)nc1C.Cc1nnc(N)nc1C.Cc1nnc(N)nc1C.Cc1nnc(N)nc1C.O=S(=O)([O-])C(F)(F)F.O=S(=O)([O-])C(F)(F)F.[Ag+].[Ag+]. The van der Waals surface area contributed by atoms with E-state index in [-0.39, 0.29) is 92.3 Å². The second kappa shape index (κ2) is 40.8. The molecule has 504 valence electrons. The molecule has 0 aliphatic heterocycles. The normalized spacial score (nSPS) is 10.1. The van der Waals surface area contributed by atoms with Crippen molar-refractivity contribution >= 4 is 67.8 Å². The number of hydrogen-bond donors (Lipinski definition) is 8. The van der Waals surface area contributed by atoms with Crippen LogP contribution in [-0.2, 0) is 65.0 Å². The van der Waals surface area contributed by atoms with E-state index in [0.717, 1.165) is 91.1 Å². The summed E-state index contributed by atoms with van der Waals surface area (Å²) >= 11 is 0. The Morgan fingerprint density at radius 2 is 0.311 bits per heavy atom. The molecule has 8 aromatic heterocycles. The number of alkyl halides is 6. The maximum absolute atomic E-state index is 10.7. The molecule has 16 N–H and O–H groups in total. The van der Waals surface area contributed by atoms with E-state index in [2.05, 4.69) is 121 Å². The van der Waals surface area contributed by atoms with Crippen molar-refractivity contribution in [2.45, 2.75) is 122 Å². The van der Waals surface area contributed by atoms with Gasteiger partial charge in [-0.25, -0.2) is 56.7 Å². The van der Waals surface area contributed by atoms with E-state index in [4.69, 9.17) is 71.8 Å². The van der Waals surface area contributed by atoms with Crippen molar-refractivity contribution in [2.24, 2.45) is 0 Å². The Kier molecular flexibility index (Phi) is 39.8. The van der Waals surface area contributed by atoms with Gasteiger partial charge >= 0.3 is 55.8 Å². The fraction of sp³-hybridized carbons (Fsp3) is 0.429. The average Bonchev–Trinajstić information content (AvgIpc) is 3.51. The van der Waals surface area contributed by atoms with E-state index < -0.39 is 31.3 Å². The molecule has 0 atom stereocenters. The van der Waals surface area contributed by atoms with Gasteiger partial charge in [-0.3, -0.25) is 0 Å². The van der Waals surface area contributed by atoms with Crippen molar-refractivity contribution in [2.75, 3.05) is 45.9 Å². The summed E-state index contributed by atoms with van der Waals surface area (Å²) < 4.78 is 118. The first kappa shape index (κ1) is 87.8. The fourth-order valence-corrected chi connectivity index (χ4v) is 3.79. The second-order valence-corrected chi connectivity index (χ2v) is 19.3. The number of nitrogens with two attached hydrogens (primary N) is 8. The van der Waals surface area contributed by atoms with Crippen LogP contribution >= 0.6 is 0 Å². The largest absolute Gasteiger partial charge is 1.00 e. The molecule has 0 spiro atoms. The Morgan fingerprint density at radius 3 is 0.356 bits per heavy atom. The standard InChI is InChI=1S/8C5H8N4.2CHF3O3S.2Ag/c8*1-3-4(2)8-9-5(6)7-3;2*2-1(3,4)8(5,6)7;;/h8*1-2H3,(H2,6,7,9);2*(H,5,6,7);;/q;;;;;;;;;;2*+1/p-2. The number of nitrogen functional groups attached to an aromatic ring is 8. The van der Waals surface area contributed by atoms with Gasteiger partial charge in [-0.05, 0) is 111 Å². The molecule has 0 aliphatic rings. The van der Waals surface area contributed by atoms with Crippen molar-refractivity contribution in [3.8, 4) is 0 Å². The van der Waals surface area contributed by atoms with Gasteiger partial charge in [0.1, 0.15) is 0 Å². The van der Waals surface area contributed by atoms with Crippen molar-refractivity contribution in [3.63, 3.8) is 0 Å². The third-order valence-electron chi connectivity index (χ3n) is 9.43. The van der Waals surface area contributed by atoms with Crippen LogP contribution in [-0.4, -0.2) is 158 Å². The average molecular weight is 1510 g/mol. The molecule has 0 bridgehead atoms. The van der Waals surface area contributed by atoms with E-state index in [0.29, 0.717) is 0 Å². The zero-order valence-corrected chi connectivity index (χ0v) is 55.1. The molecule has 8 aromatic rings. The molecule has 38 nitrogen and oxygen atoms in total. The minimum atomic E-state index is -6.09. The molecule has 0 radical (unpaired) electrons. The molecule has 0 amide bonds. The van der Waals surface area contributed by atoms with Crippen LogP contribution in [0.2, 0.25) is 0 Å². The summed E-state index contributed by atoms with van der Waals surface area (Å²) in [4.78, 5) is 31.0. The molecule has 0 saturated heterocycles. The monoisotopic (exact) mass is 1500 g/mol. The predicted octanol–water partition coefficient (Wildman–Crippen LogP) is 0.663. The van der Waals surface area contributed by atoms with Crippen LogP contribution in [0.15, 0.2) is 0 Å². The third kappa shape index (κ3) is 37.9. The molecule has 48 heteroatoms. The van der Waals surface area contributed by atoms with Crippen LogP contribution < -0.4 is 45.9 Å². The summed E-state index contributed by atoms with van der Waals surface area (Å²) in [6.45, 7) is 29.5. The molecule has 8 rings (SSSR count). The summed E-state index contributed by atoms with van der Waals surface area (Å²) in [6.07, 6.45) is 0. The van der Waals surface area contributed by atoms with Crippen LogP contribution in [0.25, 0.3) is 0 Å². The van der Waals surface area contributed by atoms with E-state index in [1.54, 1.807) is 0 Å². The molecule has 90 heavy (non-hydrogen) atoms. The van der Waals surface area contributed by atoms with Crippen molar-refractivity contribution in [1.82, 2.24) is 121 Å². The Morgan fingerprint density at radius 1 is 0.233 bits per heavy atom. The number of halogens is 6. The third-order valence-corrected chi connectivity index (χ3v) is 10.6. The summed E-state index contributed by atoms with van der Waals surface area (Å²) in [5.41, 5.74) is 43.9. The Balaban J connectivity index is -0.000000456. The molecule has 0 fully saturated rings. The minimum Gasteiger partial charge on any atom is -0.741 e. The van der Waals surface area contributed by atoms with E-state index in [1.165, 1.54) is 0 Å². The number of aryl methyl sites for hydroxylation is 16. The summed E-state index contributed by atoms with van der Waals surface area (Å²) in [6, 6.07) is 0. The predicted molar refractivity (Wildman–Crippen MR) is 301 cm³/mol. The smallest absolute Gasteiger partial charge is 0.741 e. The Bertz CT molecular complexity index is 3110. The molecular weight excluding hydrogens is 1440 g/mol. The quantitative estimate of drug-likeness (QED) is 0.0447. The first-order valence-electron chi connectivity index (χ1n) is 23.6. The van der Waals surface area contributed by atoms with Gasteiger partial charge in [0.25, 0.3) is 0 Å². The van der Waals surface area contributed by atoms with Crippen LogP contribution in [0, 0.1) is 111 Å². The van der Waals surface area contributed by atoms with Crippen molar-refractivity contribution < 1.29 is 97.0 Å².